The van der Waals surface area contributed by atoms with E-state index in [1.165, 1.54) is 93.1 Å². The third kappa shape index (κ3) is 25.6. The number of anilines is 4. The van der Waals surface area contributed by atoms with Crippen molar-refractivity contribution in [2.75, 3.05) is 34.5 Å². The fourth-order valence-electron chi connectivity index (χ4n) is 15.6. The van der Waals surface area contributed by atoms with E-state index in [0.29, 0.717) is 24.0 Å². The van der Waals surface area contributed by atoms with Crippen molar-refractivity contribution in [1.29, 1.82) is 0 Å². The monoisotopic (exact) mass is 2140 g/mol. The second kappa shape index (κ2) is 47.6. The van der Waals surface area contributed by atoms with Gasteiger partial charge in [-0.05, 0) is 110 Å². The Morgan fingerprint density at radius 2 is 0.864 bits per heavy atom. The first kappa shape index (κ1) is 112. The second-order valence-electron chi connectivity index (χ2n) is 38.1. The number of ether oxygens (including phenoxy) is 4. The Morgan fingerprint density at radius 1 is 0.497 bits per heavy atom. The van der Waals surface area contributed by atoms with Gasteiger partial charge in [0.05, 0.1) is 61.9 Å². The number of hydrogen-bond acceptors (Lipinski definition) is 33. The van der Waals surface area contributed by atoms with Gasteiger partial charge in [0.25, 0.3) is 22.9 Å². The Hall–Kier alpha value is -12.1. The van der Waals surface area contributed by atoms with Crippen molar-refractivity contribution >= 4 is 160 Å². The number of benzene rings is 4. The van der Waals surface area contributed by atoms with Crippen LogP contribution in [0.5, 0.6) is 0 Å². The highest BCUT2D eigenvalue weighted by atomic mass is 32.2. The first-order chi connectivity index (χ1) is 69.0. The van der Waals surface area contributed by atoms with Gasteiger partial charge in [0.2, 0.25) is 23.7 Å². The number of nitrogens with zero attached hydrogens (tertiary/aromatic N) is 15. The molecular weight excluding hydrogens is 2020 g/mol. The molecule has 8 N–H and O–H groups in total. The molecule has 784 valence electrons. The molecule has 42 nitrogen and oxygen atoms in total. The predicted molar refractivity (Wildman–Crippen MR) is 555 cm³/mol. The Kier molecular flexibility index (Phi) is 36.3. The van der Waals surface area contributed by atoms with Gasteiger partial charge in [0.1, 0.15) is 47.8 Å². The molecule has 17 rings (SSSR count). The van der Waals surface area contributed by atoms with Gasteiger partial charge in [-0.25, -0.2) is 62.8 Å². The SMILES string of the molecule is C.C.CC[C@H]1S[C@@H](n2cnc3c(=O)[nH]c(NC(=O)C(C)C)nc32)[C@H](OP(=O)(O)OC[C@H]2O[C@@H](n3cnc4c(NC(=O)c5ccccc5)ncnc43)[C@@H](F)[C@@H]2OC(=O)c2ccccc2)[C@@H]1O[Si](C)(C)C(C)(C)C.CC[C@H]1S[C@@H](n2cnc3c(=O)[nH]c(NC(=O)C(C)C)nc32)[C@H](OP(O)OC[C@H]2O[C@@H](n3cnc4c(NC(=O)c5ccccc5)ncnc43)[C@@H](F)[C@@H]2OC(=O)c2ccccc2)[C@@H]1O[Si](C)(C)C(C)(C)C.c1ccncc1. The molecule has 4 aliphatic rings. The van der Waals surface area contributed by atoms with Crippen LogP contribution in [-0.4, -0.2) is 230 Å². The van der Waals surface area contributed by atoms with Gasteiger partial charge >= 0.3 is 28.4 Å². The van der Waals surface area contributed by atoms with Crippen molar-refractivity contribution in [2.45, 2.75) is 242 Å². The number of nitrogens with one attached hydrogen (secondary N) is 6. The van der Waals surface area contributed by atoms with E-state index in [9.17, 15) is 52.7 Å². The van der Waals surface area contributed by atoms with Crippen LogP contribution < -0.4 is 32.4 Å². The number of fused-ring (bicyclic) bond motifs is 4. The standard InChI is InChI=1S/C45H54FN10O11PSSi.C45H54FN10O10PSSi.C5H5N.2CH4/c1-9-28-33(67-70(7,8)45(4,5)6)34(42(69-28)56-23-50-31-37(56)52-44(54-40(31)59)53-38(57)24(2)3)66-68(61,62)63-20-27-32(65-43(60)26-18-14-11-15-19-26)29(46)41(64-27)55-22-49-30-35(47-21-48-36(30)55)51-39(58)25-16-12-10-13-17-25;1-9-28-33(66-69(7,8)45(4,5)6)34(42(68-28)56-23-50-31-37(56)52-44(54-40(31)59)53-38(57)24(2)3)65-67(61)62-20-27-32(64-43(60)26-18-14-11-15-19-26)29(46)41(63-27)55-22-49-30-35(47-21-48-36(30)55)51-39(58)25-16-12-10-13-17-25;1-2-4-6-5-3-1;;/h10-19,21-24,27-29,32-34,41-42H,9,20H2,1-8H3,(H,61,62)(H,47,48,51,58)(H2,52,53,54,57,59);10-19,21-24,27-29,32-34,41-42,61H,9,20H2,1-8H3,(H,47,48,51,58)(H2,52,53,54,57,59);1-5H;2*1H4/t27-,28-,29+,32-,33-,34-,41-,42-;27-,28-,29+,32-,33-,34-,41-,42-,67?;;;/m11.../s1. The van der Waals surface area contributed by atoms with Gasteiger partial charge in [0, 0.05) is 45.9 Å². The van der Waals surface area contributed by atoms with Gasteiger partial charge in [-0.3, -0.25) is 81.7 Å². The lowest BCUT2D eigenvalue weighted by molar-refractivity contribution is -0.119. The topological polar surface area (TPSA) is 528 Å². The molecular formula is C97H121F2N21O21P2S2Si2. The molecule has 4 fully saturated rings. The largest absolute Gasteiger partial charge is 0.472 e. The quantitative estimate of drug-likeness (QED) is 0.0110. The summed E-state index contributed by atoms with van der Waals surface area (Å²) >= 11 is 2.87. The Bertz CT molecular complexity index is 6920. The van der Waals surface area contributed by atoms with Crippen molar-refractivity contribution in [2.24, 2.45) is 11.8 Å². The van der Waals surface area contributed by atoms with Crippen LogP contribution in [0.3, 0.4) is 0 Å². The number of aromatic nitrogens is 17. The smallest absolute Gasteiger partial charge is 0.453 e. The molecule has 4 amide bonds. The average molecular weight is 2140 g/mol. The summed E-state index contributed by atoms with van der Waals surface area (Å²) in [5, 5.41) is 8.11. The van der Waals surface area contributed by atoms with Crippen molar-refractivity contribution in [1.82, 2.24) is 83.1 Å². The first-order valence-corrected chi connectivity index (χ1v) is 57.0. The van der Waals surface area contributed by atoms with Crippen LogP contribution in [0.2, 0.25) is 36.3 Å². The summed E-state index contributed by atoms with van der Waals surface area (Å²) in [5.41, 5.74) is 0.422. The molecule has 4 aromatic carbocycles. The summed E-state index contributed by atoms with van der Waals surface area (Å²) in [5.74, 6) is -4.28. The summed E-state index contributed by atoms with van der Waals surface area (Å²) in [4.78, 5) is 181. The summed E-state index contributed by atoms with van der Waals surface area (Å²) in [7, 11) is -13.2. The number of hydrogen-bond donors (Lipinski definition) is 8. The van der Waals surface area contributed by atoms with E-state index in [4.69, 9.17) is 45.9 Å². The molecule has 13 aromatic rings. The minimum atomic E-state index is -5.21. The third-order valence-electron chi connectivity index (χ3n) is 25.4. The molecule has 0 spiro atoms. The lowest BCUT2D eigenvalue weighted by Gasteiger charge is -2.41. The molecule has 2 unspecified atom stereocenters. The maximum Gasteiger partial charge on any atom is 0.472 e. The van der Waals surface area contributed by atoms with Crippen LogP contribution in [0.15, 0.2) is 199 Å². The lowest BCUT2D eigenvalue weighted by Crippen LogP contribution is -2.49. The Morgan fingerprint density at radius 3 is 1.24 bits per heavy atom. The number of carbonyl (C=O) groups excluding carboxylic acids is 6. The molecule has 147 heavy (non-hydrogen) atoms. The highest BCUT2D eigenvalue weighted by molar-refractivity contribution is 8.00. The summed E-state index contributed by atoms with van der Waals surface area (Å²) in [6, 6.07) is 38.5. The van der Waals surface area contributed by atoms with Crippen molar-refractivity contribution in [3.05, 3.63) is 233 Å². The number of phosphoric acid groups is 1. The van der Waals surface area contributed by atoms with Crippen molar-refractivity contribution < 1.29 is 97.8 Å². The van der Waals surface area contributed by atoms with E-state index in [1.54, 1.807) is 142 Å². The zero-order valence-electron chi connectivity index (χ0n) is 81.9. The van der Waals surface area contributed by atoms with Crippen LogP contribution in [0.25, 0.3) is 44.7 Å². The number of amides is 4. The zero-order chi connectivity index (χ0) is 104. The van der Waals surface area contributed by atoms with Gasteiger partial charge in [-0.1, -0.05) is 177 Å². The fraction of sp³-hybridized carbons (Fsp3) is 0.433. The molecule has 4 aliphatic heterocycles. The highest BCUT2D eigenvalue weighted by Crippen LogP contribution is 2.58. The van der Waals surface area contributed by atoms with Crippen LogP contribution in [-0.2, 0) is 60.0 Å². The van der Waals surface area contributed by atoms with Crippen LogP contribution in [0, 0.1) is 11.8 Å². The van der Waals surface area contributed by atoms with Gasteiger partial charge < -0.3 is 57.3 Å². The molecule has 13 heterocycles. The molecule has 0 aliphatic carbocycles. The van der Waals surface area contributed by atoms with Crippen LogP contribution >= 0.6 is 39.9 Å². The second-order valence-corrected chi connectivity index (χ2v) is 52.7. The number of thioether (sulfide) groups is 2. The summed E-state index contributed by atoms with van der Waals surface area (Å²) in [6.07, 6.45) is -4.55. The lowest BCUT2D eigenvalue weighted by atomic mass is 10.1. The molecule has 0 saturated carbocycles. The van der Waals surface area contributed by atoms with E-state index >= 15 is 8.78 Å². The van der Waals surface area contributed by atoms with E-state index in [0.717, 1.165) is 6.33 Å². The number of H-pyrrole nitrogens is 2. The maximum absolute atomic E-state index is 17.0. The minimum Gasteiger partial charge on any atom is -0.453 e. The highest BCUT2D eigenvalue weighted by Gasteiger charge is 2.57. The van der Waals surface area contributed by atoms with Crippen LogP contribution in [0.4, 0.5) is 32.3 Å². The zero-order valence-corrected chi connectivity index (χ0v) is 87.4. The molecule has 18 atom stereocenters. The fourth-order valence-corrected chi connectivity index (χ4v) is 23.5. The molecule has 0 bridgehead atoms. The van der Waals surface area contributed by atoms with Gasteiger partial charge in [-0.2, -0.15) is 9.97 Å². The van der Waals surface area contributed by atoms with E-state index in [1.807, 2.05) is 45.1 Å². The average Bonchev–Trinajstić information content (AvgIpc) is 1.50. The first-order valence-electron chi connectivity index (χ1n) is 46.7. The molecule has 4 saturated heterocycles. The number of phosphoric ester groups is 1. The summed E-state index contributed by atoms with van der Waals surface area (Å²) < 4.78 is 117. The van der Waals surface area contributed by atoms with Gasteiger partial charge in [-0.15, -0.1) is 23.5 Å². The Labute approximate surface area is 857 Å². The number of pyridine rings is 1. The Balaban J connectivity index is 0.000000229. The van der Waals surface area contributed by atoms with Gasteiger partial charge in [0.15, 0.2) is 110 Å². The molecule has 0 radical (unpaired) electrons. The van der Waals surface area contributed by atoms with Crippen LogP contribution in [0.1, 0.15) is 175 Å². The van der Waals surface area contributed by atoms with E-state index < -0.39 is 183 Å². The van der Waals surface area contributed by atoms with Crippen molar-refractivity contribution in [3.63, 3.8) is 0 Å². The number of rotatable bonds is 32. The maximum atomic E-state index is 17.0. The third-order valence-corrected chi connectivity index (χ3v) is 39.6. The van der Waals surface area contributed by atoms with E-state index in [2.05, 4.69) is 141 Å². The van der Waals surface area contributed by atoms with Crippen molar-refractivity contribution in [3.8, 4) is 0 Å². The number of esters is 2. The summed E-state index contributed by atoms with van der Waals surface area (Å²) in [6.45, 7) is 30.2. The van der Waals surface area contributed by atoms with E-state index in [-0.39, 0.29) is 121 Å². The number of carbonyl (C=O) groups is 6. The number of imidazole rings is 4. The number of aromatic amines is 2. The molecule has 9 aromatic heterocycles. The normalized spacial score (nSPS) is 22.6. The minimum absolute atomic E-state index is 0. The number of alkyl halides is 2. The predicted octanol–water partition coefficient (Wildman–Crippen LogP) is 16.8. The number of halogens is 2. The molecule has 50 heteroatoms.